The van der Waals surface area contributed by atoms with Crippen molar-refractivity contribution in [3.05, 3.63) is 0 Å². The molecule has 0 unspecified atom stereocenters. The number of carbonyl (C=O) groups is 4. The molecule has 0 aliphatic carbocycles. The molecule has 0 rings (SSSR count). The van der Waals surface area contributed by atoms with E-state index in [1.165, 1.54) is 0 Å². The smallest absolute Gasteiger partial charge is 0.319 e. The van der Waals surface area contributed by atoms with Crippen LogP contribution in [0, 0.1) is 11.8 Å². The van der Waals surface area contributed by atoms with Crippen LogP contribution >= 0.6 is 0 Å². The third kappa shape index (κ3) is 8.57. The van der Waals surface area contributed by atoms with Gasteiger partial charge in [-0.2, -0.15) is 0 Å². The van der Waals surface area contributed by atoms with E-state index < -0.39 is 35.7 Å². The predicted octanol–water partition coefficient (Wildman–Crippen LogP) is -2.59. The van der Waals surface area contributed by atoms with Gasteiger partial charge in [0, 0.05) is 88.7 Å². The summed E-state index contributed by atoms with van der Waals surface area (Å²) in [6, 6.07) is 0. The van der Waals surface area contributed by atoms with E-state index in [1.54, 1.807) is 0 Å². The number of hydrogen-bond donors (Lipinski definition) is 4. The summed E-state index contributed by atoms with van der Waals surface area (Å²) in [6.07, 6.45) is 0. The molecular formula is C6H6Na3O8. The Balaban J connectivity index is -0.000000282. The Kier molecular flexibility index (Phi) is 18.6. The molecule has 0 aromatic rings. The fraction of sp³-hybridized carbons (Fsp3) is 0.333. The van der Waals surface area contributed by atoms with Gasteiger partial charge in [-0.15, -0.1) is 0 Å². The molecule has 0 saturated heterocycles. The third-order valence-electron chi connectivity index (χ3n) is 1.40. The summed E-state index contributed by atoms with van der Waals surface area (Å²) in [7, 11) is 0. The van der Waals surface area contributed by atoms with Gasteiger partial charge >= 0.3 is 23.9 Å². The minimum absolute atomic E-state index is 0. The first-order valence-corrected chi connectivity index (χ1v) is 3.20. The SMILES string of the molecule is O=C(O)C(C(=O)O)C(C(=O)O)C(=O)O.[Na].[Na].[Na]. The van der Waals surface area contributed by atoms with Crippen LogP contribution in [0.5, 0.6) is 0 Å². The minimum atomic E-state index is -2.50. The summed E-state index contributed by atoms with van der Waals surface area (Å²) in [5.74, 6) is -13.0. The third-order valence-corrected chi connectivity index (χ3v) is 1.40. The second-order valence-electron chi connectivity index (χ2n) is 2.31. The molecule has 0 spiro atoms. The van der Waals surface area contributed by atoms with Gasteiger partial charge in [0.25, 0.3) is 0 Å². The zero-order valence-corrected chi connectivity index (χ0v) is 15.6. The van der Waals surface area contributed by atoms with Crippen molar-refractivity contribution in [2.75, 3.05) is 0 Å². The second-order valence-corrected chi connectivity index (χ2v) is 2.31. The Morgan fingerprint density at radius 1 is 0.529 bits per heavy atom. The monoisotopic (exact) mass is 275 g/mol. The quantitative estimate of drug-likeness (QED) is 0.315. The van der Waals surface area contributed by atoms with Crippen LogP contribution in [0.4, 0.5) is 0 Å². The molecule has 0 aromatic heterocycles. The van der Waals surface area contributed by atoms with Gasteiger partial charge < -0.3 is 20.4 Å². The molecule has 0 aromatic carbocycles. The maximum atomic E-state index is 10.3. The van der Waals surface area contributed by atoms with E-state index >= 15 is 0 Å². The van der Waals surface area contributed by atoms with Crippen molar-refractivity contribution in [1.29, 1.82) is 0 Å². The van der Waals surface area contributed by atoms with Crippen LogP contribution < -0.4 is 0 Å². The molecular weight excluding hydrogens is 269 g/mol. The maximum absolute atomic E-state index is 10.3. The number of carboxylic acids is 4. The Hall–Kier alpha value is 0.880. The first kappa shape index (κ1) is 26.4. The van der Waals surface area contributed by atoms with Crippen LogP contribution in [0.25, 0.3) is 0 Å². The fourth-order valence-electron chi connectivity index (χ4n) is 0.782. The normalized spacial score (nSPS) is 8.35. The van der Waals surface area contributed by atoms with E-state index in [9.17, 15) is 19.2 Å². The molecule has 0 bridgehead atoms. The summed E-state index contributed by atoms with van der Waals surface area (Å²) in [5, 5.41) is 33.2. The van der Waals surface area contributed by atoms with Crippen LogP contribution in [0.15, 0.2) is 0 Å². The Morgan fingerprint density at radius 3 is 0.706 bits per heavy atom. The van der Waals surface area contributed by atoms with Crippen molar-refractivity contribution in [3.63, 3.8) is 0 Å². The van der Waals surface area contributed by atoms with Crippen molar-refractivity contribution in [3.8, 4) is 0 Å². The van der Waals surface area contributed by atoms with E-state index in [0.717, 1.165) is 0 Å². The van der Waals surface area contributed by atoms with Gasteiger partial charge in [-0.1, -0.05) is 0 Å². The van der Waals surface area contributed by atoms with Gasteiger partial charge in [-0.25, -0.2) is 0 Å². The largest absolute Gasteiger partial charge is 0.481 e. The number of hydrogen-bond acceptors (Lipinski definition) is 4. The summed E-state index contributed by atoms with van der Waals surface area (Å²) >= 11 is 0. The van der Waals surface area contributed by atoms with Gasteiger partial charge in [0.05, 0.1) is 0 Å². The molecule has 4 N–H and O–H groups in total. The fourth-order valence-corrected chi connectivity index (χ4v) is 0.782. The van der Waals surface area contributed by atoms with E-state index in [2.05, 4.69) is 0 Å². The van der Waals surface area contributed by atoms with Gasteiger partial charge in [0.15, 0.2) is 11.8 Å². The molecule has 0 aliphatic heterocycles. The van der Waals surface area contributed by atoms with Crippen molar-refractivity contribution in [1.82, 2.24) is 0 Å². The number of rotatable bonds is 5. The summed E-state index contributed by atoms with van der Waals surface area (Å²) in [4.78, 5) is 41.1. The first-order chi connectivity index (χ1) is 6.29. The second kappa shape index (κ2) is 11.9. The summed E-state index contributed by atoms with van der Waals surface area (Å²) < 4.78 is 0. The number of aliphatic carboxylic acids is 4. The molecule has 3 radical (unpaired) electrons. The molecule has 0 heterocycles. The molecule has 81 valence electrons. The molecule has 17 heavy (non-hydrogen) atoms. The van der Waals surface area contributed by atoms with Gasteiger partial charge in [0.1, 0.15) is 0 Å². The topological polar surface area (TPSA) is 149 Å². The average Bonchev–Trinajstić information content (AvgIpc) is 1.96. The Bertz CT molecular complexity index is 246. The van der Waals surface area contributed by atoms with E-state index in [-0.39, 0.29) is 88.7 Å². The van der Waals surface area contributed by atoms with Crippen LogP contribution in [-0.4, -0.2) is 133 Å². The zero-order valence-electron chi connectivity index (χ0n) is 9.58. The molecule has 0 aliphatic rings. The summed E-state index contributed by atoms with van der Waals surface area (Å²) in [5.41, 5.74) is 0. The summed E-state index contributed by atoms with van der Waals surface area (Å²) in [6.45, 7) is 0. The van der Waals surface area contributed by atoms with Gasteiger partial charge in [-0.3, -0.25) is 19.2 Å². The van der Waals surface area contributed by atoms with Crippen LogP contribution in [0.2, 0.25) is 0 Å². The van der Waals surface area contributed by atoms with Gasteiger partial charge in [0.2, 0.25) is 0 Å². The van der Waals surface area contributed by atoms with Crippen LogP contribution in [0.1, 0.15) is 0 Å². The Morgan fingerprint density at radius 2 is 0.647 bits per heavy atom. The van der Waals surface area contributed by atoms with Crippen LogP contribution in [-0.2, 0) is 19.2 Å². The van der Waals surface area contributed by atoms with E-state index in [0.29, 0.717) is 0 Å². The van der Waals surface area contributed by atoms with Crippen molar-refractivity contribution < 1.29 is 39.6 Å². The average molecular weight is 275 g/mol. The Labute approximate surface area is 162 Å². The maximum Gasteiger partial charge on any atom is 0.319 e. The molecule has 0 fully saturated rings. The molecule has 0 atom stereocenters. The van der Waals surface area contributed by atoms with E-state index in [4.69, 9.17) is 20.4 Å². The van der Waals surface area contributed by atoms with Crippen molar-refractivity contribution in [2.24, 2.45) is 11.8 Å². The molecule has 0 saturated carbocycles. The number of carboxylic acid groups (broad SMARTS) is 4. The first-order valence-electron chi connectivity index (χ1n) is 3.20. The van der Waals surface area contributed by atoms with Crippen LogP contribution in [0.3, 0.4) is 0 Å². The zero-order chi connectivity index (χ0) is 11.5. The predicted molar refractivity (Wildman–Crippen MR) is 54.8 cm³/mol. The van der Waals surface area contributed by atoms with Crippen molar-refractivity contribution >= 4 is 113 Å². The molecule has 0 amide bonds. The standard InChI is InChI=1S/C6H6O8.3Na/c7-3(8)1(4(9)10)2(5(11)12)6(13)14;;;/h1-2H,(H,7,8)(H,9,10)(H,11,12)(H,13,14);;;. The molecule has 8 nitrogen and oxygen atoms in total. The van der Waals surface area contributed by atoms with E-state index in [1.807, 2.05) is 0 Å². The minimum Gasteiger partial charge on any atom is -0.481 e. The van der Waals surface area contributed by atoms with Gasteiger partial charge in [-0.05, 0) is 0 Å². The van der Waals surface area contributed by atoms with Crippen molar-refractivity contribution in [2.45, 2.75) is 0 Å². The molecule has 11 heteroatoms.